The number of benzene rings is 1. The number of nitrogen functional groups attached to an aromatic ring is 1. The average molecular weight is 288 g/mol. The predicted octanol–water partition coefficient (Wildman–Crippen LogP) is 2.34. The van der Waals surface area contributed by atoms with Gasteiger partial charge in [0.1, 0.15) is 12.4 Å². The zero-order valence-corrected chi connectivity index (χ0v) is 12.1. The molecule has 0 aliphatic rings. The molecule has 0 aliphatic carbocycles. The second kappa shape index (κ2) is 7.61. The fourth-order valence-corrected chi connectivity index (χ4v) is 2.11. The topological polar surface area (TPSA) is 77.5 Å². The maximum absolute atomic E-state index is 11.4. The lowest BCUT2D eigenvalue weighted by atomic mass is 10.1. The van der Waals surface area contributed by atoms with E-state index in [1.165, 1.54) is 5.56 Å². The fraction of sp³-hybridized carbons (Fsp3) is 0.312. The fourth-order valence-electron chi connectivity index (χ4n) is 2.11. The van der Waals surface area contributed by atoms with Gasteiger partial charge < -0.3 is 9.15 Å². The van der Waals surface area contributed by atoms with Gasteiger partial charge in [-0.1, -0.05) is 30.3 Å². The second-order valence-electron chi connectivity index (χ2n) is 4.84. The van der Waals surface area contributed by atoms with E-state index in [0.717, 1.165) is 18.4 Å². The molecule has 0 spiro atoms. The van der Waals surface area contributed by atoms with Crippen LogP contribution in [0, 0.1) is 6.92 Å². The van der Waals surface area contributed by atoms with Gasteiger partial charge in [0.2, 0.25) is 0 Å². The van der Waals surface area contributed by atoms with Crippen LogP contribution in [0.2, 0.25) is 0 Å². The molecule has 1 amide bonds. The van der Waals surface area contributed by atoms with Crippen LogP contribution in [-0.4, -0.2) is 12.5 Å². The second-order valence-corrected chi connectivity index (χ2v) is 4.84. The van der Waals surface area contributed by atoms with Gasteiger partial charge in [0.05, 0.1) is 0 Å². The molecular formula is C16H20N2O3. The zero-order valence-electron chi connectivity index (χ0n) is 12.1. The lowest BCUT2D eigenvalue weighted by Crippen LogP contribution is -2.30. The number of nitrogens with one attached hydrogen (secondary N) is 1. The molecule has 1 aromatic carbocycles. The molecule has 5 nitrogen and oxygen atoms in total. The Kier molecular flexibility index (Phi) is 5.54. The molecule has 0 unspecified atom stereocenters. The van der Waals surface area contributed by atoms with E-state index < -0.39 is 5.91 Å². The number of furan rings is 1. The summed E-state index contributed by atoms with van der Waals surface area (Å²) in [6.45, 7) is 2.80. The summed E-state index contributed by atoms with van der Waals surface area (Å²) in [5.41, 5.74) is 4.11. The van der Waals surface area contributed by atoms with Crippen LogP contribution in [0.1, 0.15) is 33.9 Å². The van der Waals surface area contributed by atoms with Crippen LogP contribution in [0.3, 0.4) is 0 Å². The number of amides is 1. The molecule has 1 heterocycles. The molecule has 112 valence electrons. The highest BCUT2D eigenvalue weighted by Gasteiger charge is 2.14. The van der Waals surface area contributed by atoms with Crippen molar-refractivity contribution in [2.45, 2.75) is 26.4 Å². The maximum atomic E-state index is 11.4. The Bertz CT molecular complexity index is 578. The Hall–Kier alpha value is -2.11. The minimum atomic E-state index is -0.428. The number of hydrogen-bond donors (Lipinski definition) is 2. The van der Waals surface area contributed by atoms with Crippen LogP contribution in [-0.2, 0) is 17.8 Å². The normalized spacial score (nSPS) is 10.6. The number of aryl methyl sites for hydroxylation is 2. The highest BCUT2D eigenvalue weighted by molar-refractivity contribution is 5.92. The van der Waals surface area contributed by atoms with Crippen molar-refractivity contribution in [3.63, 3.8) is 0 Å². The van der Waals surface area contributed by atoms with Crippen molar-refractivity contribution in [2.24, 2.45) is 5.84 Å². The van der Waals surface area contributed by atoms with Crippen molar-refractivity contribution >= 4 is 5.91 Å². The lowest BCUT2D eigenvalue weighted by Gasteiger charge is -2.03. The van der Waals surface area contributed by atoms with Gasteiger partial charge in [-0.15, -0.1) is 0 Å². The van der Waals surface area contributed by atoms with Crippen LogP contribution >= 0.6 is 0 Å². The number of hydrogen-bond acceptors (Lipinski definition) is 4. The van der Waals surface area contributed by atoms with Crippen LogP contribution in [0.15, 0.2) is 40.8 Å². The molecule has 0 aliphatic heterocycles. The third-order valence-electron chi connectivity index (χ3n) is 3.15. The SMILES string of the molecule is Cc1cc(COCCCc2ccccc2)oc1C(=O)NN. The highest BCUT2D eigenvalue weighted by atomic mass is 16.5. The Balaban J connectivity index is 1.73. The molecule has 0 bridgehead atoms. The van der Waals surface area contributed by atoms with Gasteiger partial charge in [0, 0.05) is 12.2 Å². The first-order valence-electron chi connectivity index (χ1n) is 6.92. The number of carbonyl (C=O) groups excluding carboxylic acids is 1. The van der Waals surface area contributed by atoms with Gasteiger partial charge in [-0.3, -0.25) is 10.2 Å². The first-order valence-corrected chi connectivity index (χ1v) is 6.92. The quantitative estimate of drug-likeness (QED) is 0.355. The van der Waals surface area contributed by atoms with Crippen molar-refractivity contribution in [3.05, 3.63) is 59.0 Å². The molecule has 0 saturated heterocycles. The van der Waals surface area contributed by atoms with Gasteiger partial charge in [0.15, 0.2) is 5.76 Å². The smallest absolute Gasteiger partial charge is 0.301 e. The highest BCUT2D eigenvalue weighted by Crippen LogP contribution is 2.15. The van der Waals surface area contributed by atoms with E-state index in [9.17, 15) is 4.79 Å². The third kappa shape index (κ3) is 4.44. The van der Waals surface area contributed by atoms with Crippen molar-refractivity contribution in [3.8, 4) is 0 Å². The molecule has 21 heavy (non-hydrogen) atoms. The summed E-state index contributed by atoms with van der Waals surface area (Å²) in [7, 11) is 0. The van der Waals surface area contributed by atoms with E-state index in [2.05, 4.69) is 17.6 Å². The number of hydrazine groups is 1. The van der Waals surface area contributed by atoms with Crippen LogP contribution in [0.4, 0.5) is 0 Å². The molecule has 5 heteroatoms. The van der Waals surface area contributed by atoms with Crippen molar-refractivity contribution in [1.82, 2.24) is 5.43 Å². The summed E-state index contributed by atoms with van der Waals surface area (Å²) in [5.74, 6) is 5.53. The molecule has 0 fully saturated rings. The van der Waals surface area contributed by atoms with E-state index in [1.807, 2.05) is 18.2 Å². The largest absolute Gasteiger partial charge is 0.453 e. The monoisotopic (exact) mass is 288 g/mol. The summed E-state index contributed by atoms with van der Waals surface area (Å²) in [6, 6.07) is 12.1. The molecule has 2 aromatic rings. The van der Waals surface area contributed by atoms with Crippen LogP contribution < -0.4 is 11.3 Å². The van der Waals surface area contributed by atoms with Crippen LogP contribution in [0.5, 0.6) is 0 Å². The standard InChI is InChI=1S/C16H20N2O3/c1-12-10-14(21-15(12)16(19)18-17)11-20-9-5-8-13-6-3-2-4-7-13/h2-4,6-7,10H,5,8-9,11,17H2,1H3,(H,18,19). The Morgan fingerprint density at radius 1 is 1.33 bits per heavy atom. The van der Waals surface area contributed by atoms with Gasteiger partial charge in [0.25, 0.3) is 0 Å². The third-order valence-corrected chi connectivity index (χ3v) is 3.15. The van der Waals surface area contributed by atoms with E-state index >= 15 is 0 Å². The Morgan fingerprint density at radius 2 is 2.10 bits per heavy atom. The summed E-state index contributed by atoms with van der Waals surface area (Å²) >= 11 is 0. The minimum Gasteiger partial charge on any atom is -0.453 e. The molecule has 1 aromatic heterocycles. The molecule has 0 radical (unpaired) electrons. The summed E-state index contributed by atoms with van der Waals surface area (Å²) in [5, 5.41) is 0. The van der Waals surface area contributed by atoms with Gasteiger partial charge >= 0.3 is 5.91 Å². The Labute approximate surface area is 124 Å². The van der Waals surface area contributed by atoms with Gasteiger partial charge in [-0.25, -0.2) is 5.84 Å². The van der Waals surface area contributed by atoms with Crippen molar-refractivity contribution < 1.29 is 13.9 Å². The summed E-state index contributed by atoms with van der Waals surface area (Å²) in [6.07, 6.45) is 1.93. The maximum Gasteiger partial charge on any atom is 0.301 e. The lowest BCUT2D eigenvalue weighted by molar-refractivity contribution is 0.0891. The van der Waals surface area contributed by atoms with Gasteiger partial charge in [-0.2, -0.15) is 0 Å². The summed E-state index contributed by atoms with van der Waals surface area (Å²) in [4.78, 5) is 11.4. The summed E-state index contributed by atoms with van der Waals surface area (Å²) < 4.78 is 11.0. The van der Waals surface area contributed by atoms with E-state index in [-0.39, 0.29) is 5.76 Å². The molecular weight excluding hydrogens is 268 g/mol. The minimum absolute atomic E-state index is 0.236. The number of rotatable bonds is 7. The first kappa shape index (κ1) is 15.3. The Morgan fingerprint density at radius 3 is 2.81 bits per heavy atom. The van der Waals surface area contributed by atoms with E-state index in [1.54, 1.807) is 13.0 Å². The molecule has 0 saturated carbocycles. The first-order chi connectivity index (χ1) is 10.2. The predicted molar refractivity (Wildman–Crippen MR) is 79.5 cm³/mol. The zero-order chi connectivity index (χ0) is 15.1. The van der Waals surface area contributed by atoms with E-state index in [4.69, 9.17) is 15.0 Å². The molecule has 3 N–H and O–H groups in total. The van der Waals surface area contributed by atoms with E-state index in [0.29, 0.717) is 19.0 Å². The van der Waals surface area contributed by atoms with Crippen LogP contribution in [0.25, 0.3) is 0 Å². The number of nitrogens with two attached hydrogens (primary N) is 1. The number of carbonyl (C=O) groups is 1. The molecule has 2 rings (SSSR count). The average Bonchev–Trinajstić information content (AvgIpc) is 2.88. The van der Waals surface area contributed by atoms with Gasteiger partial charge in [-0.05, 0) is 31.4 Å². The molecule has 0 atom stereocenters. The van der Waals surface area contributed by atoms with Crippen molar-refractivity contribution in [2.75, 3.05) is 6.61 Å². The van der Waals surface area contributed by atoms with Crippen molar-refractivity contribution in [1.29, 1.82) is 0 Å². The number of ether oxygens (including phenoxy) is 1.